The van der Waals surface area contributed by atoms with Crippen molar-refractivity contribution in [2.24, 2.45) is 0 Å². The number of anilines is 1. The Bertz CT molecular complexity index is 858. The number of allylic oxidation sites excluding steroid dienone is 1. The Balaban J connectivity index is 1.57. The molecule has 24 heavy (non-hydrogen) atoms. The first-order chi connectivity index (χ1) is 11.5. The van der Waals surface area contributed by atoms with Crippen LogP contribution in [-0.4, -0.2) is 38.3 Å². The van der Waals surface area contributed by atoms with Gasteiger partial charge in [0.15, 0.2) is 11.5 Å². The minimum Gasteiger partial charge on any atom is -0.430 e. The summed E-state index contributed by atoms with van der Waals surface area (Å²) in [5.74, 6) is 0.805. The first-order valence-corrected chi connectivity index (χ1v) is 9.87. The molecule has 4 rings (SSSR count). The molecule has 0 bridgehead atoms. The van der Waals surface area contributed by atoms with Crippen molar-refractivity contribution < 1.29 is 18.3 Å². The molecule has 2 aliphatic rings. The average Bonchev–Trinajstić information content (AvgIpc) is 3.09. The number of aromatic nitrogens is 4. The fourth-order valence-electron chi connectivity index (χ4n) is 2.81. The minimum atomic E-state index is -2.82. The van der Waals surface area contributed by atoms with Crippen molar-refractivity contribution in [2.45, 2.75) is 31.8 Å². The molecule has 0 aromatic carbocycles. The SMILES string of the molecule is C=C(C)OP1(=S)OC[C@H]2O[C@H](n3cnc4c(N)ncnc43)CC2O1. The van der Waals surface area contributed by atoms with Crippen LogP contribution in [0.3, 0.4) is 0 Å². The van der Waals surface area contributed by atoms with Crippen LogP contribution in [0.1, 0.15) is 19.6 Å². The first-order valence-electron chi connectivity index (χ1n) is 7.32. The highest BCUT2D eigenvalue weighted by Crippen LogP contribution is 2.58. The Kier molecular flexibility index (Phi) is 3.81. The van der Waals surface area contributed by atoms with E-state index in [0.717, 1.165) is 0 Å². The molecule has 9 nitrogen and oxygen atoms in total. The molecule has 2 unspecified atom stereocenters. The maximum Gasteiger partial charge on any atom is 0.380 e. The van der Waals surface area contributed by atoms with Crippen molar-refractivity contribution >= 4 is 35.5 Å². The van der Waals surface area contributed by atoms with Crippen LogP contribution in [-0.2, 0) is 30.1 Å². The van der Waals surface area contributed by atoms with Gasteiger partial charge in [-0.05, 0) is 6.92 Å². The molecule has 0 spiro atoms. The number of nitrogens with two attached hydrogens (primary N) is 1. The van der Waals surface area contributed by atoms with Crippen LogP contribution in [0.4, 0.5) is 5.82 Å². The van der Waals surface area contributed by atoms with Gasteiger partial charge in [-0.15, -0.1) is 0 Å². The Morgan fingerprint density at radius 2 is 2.29 bits per heavy atom. The van der Waals surface area contributed by atoms with E-state index in [4.69, 9.17) is 35.8 Å². The lowest BCUT2D eigenvalue weighted by atomic mass is 10.2. The fourth-order valence-corrected chi connectivity index (χ4v) is 5.13. The van der Waals surface area contributed by atoms with Gasteiger partial charge in [0, 0.05) is 18.2 Å². The van der Waals surface area contributed by atoms with E-state index in [0.29, 0.717) is 35.8 Å². The van der Waals surface area contributed by atoms with Crippen LogP contribution in [0.5, 0.6) is 0 Å². The molecule has 0 aliphatic carbocycles. The Morgan fingerprint density at radius 1 is 1.46 bits per heavy atom. The normalized spacial score (nSPS) is 32.6. The van der Waals surface area contributed by atoms with Crippen LogP contribution in [0.25, 0.3) is 11.2 Å². The number of ether oxygens (including phenoxy) is 1. The molecule has 2 aromatic rings. The second-order valence-electron chi connectivity index (χ2n) is 5.63. The average molecular weight is 369 g/mol. The quantitative estimate of drug-likeness (QED) is 0.641. The number of hydrogen-bond donors (Lipinski definition) is 1. The van der Waals surface area contributed by atoms with Gasteiger partial charge in [-0.1, -0.05) is 6.58 Å². The van der Waals surface area contributed by atoms with Gasteiger partial charge in [0.25, 0.3) is 0 Å². The Morgan fingerprint density at radius 3 is 3.08 bits per heavy atom. The number of nitrogen functional groups attached to an aromatic ring is 1. The van der Waals surface area contributed by atoms with E-state index in [1.807, 2.05) is 4.57 Å². The van der Waals surface area contributed by atoms with E-state index >= 15 is 0 Å². The van der Waals surface area contributed by atoms with Crippen LogP contribution >= 0.6 is 6.72 Å². The van der Waals surface area contributed by atoms with Gasteiger partial charge in [-0.3, -0.25) is 13.6 Å². The molecule has 2 fully saturated rings. The first kappa shape index (κ1) is 15.9. The van der Waals surface area contributed by atoms with Crippen molar-refractivity contribution in [1.82, 2.24) is 19.5 Å². The predicted molar refractivity (Wildman–Crippen MR) is 89.3 cm³/mol. The van der Waals surface area contributed by atoms with Crippen LogP contribution < -0.4 is 5.73 Å². The zero-order chi connectivity index (χ0) is 16.9. The second kappa shape index (κ2) is 5.75. The van der Waals surface area contributed by atoms with E-state index in [1.165, 1.54) is 6.33 Å². The lowest BCUT2D eigenvalue weighted by molar-refractivity contribution is -0.0589. The number of fused-ring (bicyclic) bond motifs is 2. The fraction of sp³-hybridized carbons (Fsp3) is 0.462. The molecular formula is C13H16N5O4PS. The van der Waals surface area contributed by atoms with E-state index in [2.05, 4.69) is 21.5 Å². The van der Waals surface area contributed by atoms with Crippen LogP contribution in [0, 0.1) is 0 Å². The van der Waals surface area contributed by atoms with Crippen LogP contribution in [0.2, 0.25) is 0 Å². The van der Waals surface area contributed by atoms with Gasteiger partial charge in [0.2, 0.25) is 0 Å². The summed E-state index contributed by atoms with van der Waals surface area (Å²) in [6.45, 7) is 2.90. The summed E-state index contributed by atoms with van der Waals surface area (Å²) in [6.07, 6.45) is 2.88. The van der Waals surface area contributed by atoms with Crippen molar-refractivity contribution in [2.75, 3.05) is 12.3 Å². The molecule has 4 atom stereocenters. The topological polar surface area (TPSA) is 107 Å². The third-order valence-corrected chi connectivity index (χ3v) is 6.13. The maximum atomic E-state index is 6.02. The summed E-state index contributed by atoms with van der Waals surface area (Å²) in [6, 6.07) is 0. The monoisotopic (exact) mass is 369 g/mol. The zero-order valence-electron chi connectivity index (χ0n) is 12.9. The minimum absolute atomic E-state index is 0.217. The predicted octanol–water partition coefficient (Wildman–Crippen LogP) is 1.89. The summed E-state index contributed by atoms with van der Waals surface area (Å²) in [5, 5.41) is 0. The molecule has 2 aromatic heterocycles. The van der Waals surface area contributed by atoms with Crippen LogP contribution in [0.15, 0.2) is 25.0 Å². The third-order valence-electron chi connectivity index (χ3n) is 3.81. The van der Waals surface area contributed by atoms with Gasteiger partial charge in [-0.25, -0.2) is 15.0 Å². The molecule has 11 heteroatoms. The van der Waals surface area contributed by atoms with Gasteiger partial charge < -0.3 is 15.0 Å². The van der Waals surface area contributed by atoms with E-state index in [1.54, 1.807) is 13.3 Å². The molecule has 0 amide bonds. The number of nitrogens with zero attached hydrogens (tertiary/aromatic N) is 4. The van der Waals surface area contributed by atoms with Crippen molar-refractivity contribution in [3.63, 3.8) is 0 Å². The molecule has 0 saturated carbocycles. The van der Waals surface area contributed by atoms with Gasteiger partial charge >= 0.3 is 6.72 Å². The Hall–Kier alpha value is -1.58. The summed E-state index contributed by atoms with van der Waals surface area (Å²) in [7, 11) is 0. The number of imidazole rings is 1. The molecule has 128 valence electrons. The molecule has 2 aliphatic heterocycles. The highest BCUT2D eigenvalue weighted by atomic mass is 32.5. The highest BCUT2D eigenvalue weighted by Gasteiger charge is 2.46. The smallest absolute Gasteiger partial charge is 0.380 e. The van der Waals surface area contributed by atoms with Gasteiger partial charge in [-0.2, -0.15) is 0 Å². The van der Waals surface area contributed by atoms with Gasteiger partial charge in [0.05, 0.1) is 18.7 Å². The van der Waals surface area contributed by atoms with E-state index in [-0.39, 0.29) is 18.4 Å². The molecule has 2 N–H and O–H groups in total. The summed E-state index contributed by atoms with van der Waals surface area (Å²) >= 11 is 5.36. The van der Waals surface area contributed by atoms with E-state index in [9.17, 15) is 0 Å². The molecule has 0 radical (unpaired) electrons. The second-order valence-corrected chi connectivity index (χ2v) is 8.52. The zero-order valence-corrected chi connectivity index (χ0v) is 14.6. The summed E-state index contributed by atoms with van der Waals surface area (Å²) in [5.41, 5.74) is 6.98. The summed E-state index contributed by atoms with van der Waals surface area (Å²) < 4.78 is 24.8. The largest absolute Gasteiger partial charge is 0.430 e. The lowest BCUT2D eigenvalue weighted by Crippen LogP contribution is -2.33. The molecule has 2 saturated heterocycles. The molecule has 4 heterocycles. The molecular weight excluding hydrogens is 353 g/mol. The maximum absolute atomic E-state index is 6.02. The lowest BCUT2D eigenvalue weighted by Gasteiger charge is -2.32. The van der Waals surface area contributed by atoms with Crippen molar-refractivity contribution in [3.05, 3.63) is 25.0 Å². The third kappa shape index (κ3) is 2.70. The highest BCUT2D eigenvalue weighted by molar-refractivity contribution is 8.07. The van der Waals surface area contributed by atoms with Gasteiger partial charge in [0.1, 0.15) is 30.3 Å². The van der Waals surface area contributed by atoms with Crippen molar-refractivity contribution in [3.8, 4) is 0 Å². The van der Waals surface area contributed by atoms with Crippen molar-refractivity contribution in [1.29, 1.82) is 0 Å². The Labute approximate surface area is 143 Å². The number of hydrogen-bond acceptors (Lipinski definition) is 9. The number of rotatable bonds is 3. The summed E-state index contributed by atoms with van der Waals surface area (Å²) in [4.78, 5) is 12.4. The van der Waals surface area contributed by atoms with E-state index < -0.39 is 6.72 Å². The standard InChI is InChI=1S/C13H16N5O4PS/c1-7(2)21-23(24)19-4-9-8(22-23)3-10(20-9)18-6-17-11-12(14)15-5-16-13(11)18/h5-6,8-10H,1,3-4H2,2H3,(H2,14,15,16)/t8?,9-,10+,23?/m1/s1.